The van der Waals surface area contributed by atoms with Crippen LogP contribution >= 0.6 is 0 Å². The third-order valence-electron chi connectivity index (χ3n) is 6.25. The lowest BCUT2D eigenvalue weighted by atomic mass is 10.0. The van der Waals surface area contributed by atoms with E-state index in [0.29, 0.717) is 12.0 Å². The molecule has 200 valence electrons. The molecule has 0 unspecified atom stereocenters. The van der Waals surface area contributed by atoms with E-state index in [0.717, 1.165) is 12.8 Å². The van der Waals surface area contributed by atoms with E-state index in [9.17, 15) is 9.59 Å². The number of rotatable bonds is 24. The number of carbonyl (C=O) groups is 2. The minimum atomic E-state index is -0.935. The van der Waals surface area contributed by atoms with Gasteiger partial charge in [-0.25, -0.2) is 9.59 Å². The highest BCUT2D eigenvalue weighted by Gasteiger charge is 2.02. The van der Waals surface area contributed by atoms with Gasteiger partial charge < -0.3 is 10.2 Å². The van der Waals surface area contributed by atoms with Crippen LogP contribution in [0.1, 0.15) is 155 Å². The van der Waals surface area contributed by atoms with Crippen LogP contribution in [0, 0.1) is 0 Å². The minimum absolute atomic E-state index is 0.176. The molecule has 0 aliphatic rings. The van der Waals surface area contributed by atoms with Crippen molar-refractivity contribution in [3.05, 3.63) is 24.3 Å². The molecule has 2 N–H and O–H groups in total. The fourth-order valence-corrected chi connectivity index (χ4v) is 3.88. The molecule has 0 heterocycles. The summed E-state index contributed by atoms with van der Waals surface area (Å²) in [6.07, 6.45) is 29.6. The highest BCUT2D eigenvalue weighted by molar-refractivity contribution is 5.85. The zero-order valence-corrected chi connectivity index (χ0v) is 22.7. The maximum atomic E-state index is 10.6. The van der Waals surface area contributed by atoms with Gasteiger partial charge in [-0.2, -0.15) is 0 Å². The van der Waals surface area contributed by atoms with Gasteiger partial charge in [0.25, 0.3) is 0 Å². The quantitative estimate of drug-likeness (QED) is 0.106. The van der Waals surface area contributed by atoms with E-state index in [1.807, 2.05) is 0 Å². The molecule has 0 bridgehead atoms. The van der Waals surface area contributed by atoms with Crippen molar-refractivity contribution in [3.63, 3.8) is 0 Å². The summed E-state index contributed by atoms with van der Waals surface area (Å²) in [5.74, 6) is -1.77. The standard InChI is InChI=1S/C26H50O2.C4H6O2/c1-3-4-5-6-7-8-9-10-11-12-13-14-15-16-17-18-19-20-21-22-23-24-25(2)26(27)28;1-3(2)4(5)6/h2-24H2,1H3,(H,27,28);1H2,2H3,(H,5,6). The smallest absolute Gasteiger partial charge is 0.330 e. The van der Waals surface area contributed by atoms with Crippen LogP contribution < -0.4 is 0 Å². The second kappa shape index (κ2) is 27.7. The summed E-state index contributed by atoms with van der Waals surface area (Å²) in [5, 5.41) is 16.6. The van der Waals surface area contributed by atoms with E-state index in [-0.39, 0.29) is 5.57 Å². The van der Waals surface area contributed by atoms with E-state index in [1.165, 1.54) is 129 Å². The van der Waals surface area contributed by atoms with Gasteiger partial charge in [0.15, 0.2) is 0 Å². The third-order valence-corrected chi connectivity index (χ3v) is 6.25. The molecule has 0 aromatic rings. The predicted molar refractivity (Wildman–Crippen MR) is 146 cm³/mol. The Morgan fingerprint density at radius 3 is 0.941 bits per heavy atom. The van der Waals surface area contributed by atoms with Gasteiger partial charge in [0.2, 0.25) is 0 Å². The van der Waals surface area contributed by atoms with E-state index >= 15 is 0 Å². The Morgan fingerprint density at radius 1 is 0.500 bits per heavy atom. The van der Waals surface area contributed by atoms with Crippen molar-refractivity contribution in [3.8, 4) is 0 Å². The Bertz CT molecular complexity index is 498. The maximum Gasteiger partial charge on any atom is 0.330 e. The molecule has 0 saturated carbocycles. The maximum absolute atomic E-state index is 10.6. The van der Waals surface area contributed by atoms with Crippen LogP contribution in [0.4, 0.5) is 0 Å². The third kappa shape index (κ3) is 30.4. The summed E-state index contributed by atoms with van der Waals surface area (Å²) in [5.41, 5.74) is 0.535. The molecule has 4 nitrogen and oxygen atoms in total. The van der Waals surface area contributed by atoms with Crippen LogP contribution in [-0.2, 0) is 9.59 Å². The molecule has 0 fully saturated rings. The SMILES string of the molecule is C=C(C)C(=O)O.C=C(CCCCCCCCCCCCCCCCCCCCCCC)C(=O)O. The summed E-state index contributed by atoms with van der Waals surface area (Å²) < 4.78 is 0. The predicted octanol–water partition coefficient (Wildman–Crippen LogP) is 9.88. The summed E-state index contributed by atoms with van der Waals surface area (Å²) >= 11 is 0. The first-order chi connectivity index (χ1) is 16.3. The number of carboxylic acid groups (broad SMARTS) is 2. The first-order valence-electron chi connectivity index (χ1n) is 14.1. The lowest BCUT2D eigenvalue weighted by molar-refractivity contribution is -0.133. The highest BCUT2D eigenvalue weighted by Crippen LogP contribution is 2.15. The Balaban J connectivity index is 0. The van der Waals surface area contributed by atoms with Gasteiger partial charge in [0.1, 0.15) is 0 Å². The van der Waals surface area contributed by atoms with Crippen LogP contribution in [0.15, 0.2) is 24.3 Å². The Labute approximate surface area is 211 Å². The van der Waals surface area contributed by atoms with E-state index in [4.69, 9.17) is 10.2 Å². The fraction of sp³-hybridized carbons (Fsp3) is 0.800. The Morgan fingerprint density at radius 2 is 0.735 bits per heavy atom. The summed E-state index contributed by atoms with van der Waals surface area (Å²) in [4.78, 5) is 20.2. The number of unbranched alkanes of at least 4 members (excludes halogenated alkanes) is 20. The normalized spacial score (nSPS) is 10.4. The van der Waals surface area contributed by atoms with E-state index in [1.54, 1.807) is 0 Å². The van der Waals surface area contributed by atoms with Gasteiger partial charge in [-0.3, -0.25) is 0 Å². The zero-order chi connectivity index (χ0) is 25.9. The molecule has 0 amide bonds. The van der Waals surface area contributed by atoms with Gasteiger partial charge in [-0.1, -0.05) is 148 Å². The molecule has 0 saturated heterocycles. The van der Waals surface area contributed by atoms with E-state index < -0.39 is 11.9 Å². The Kier molecular flexibility index (Phi) is 28.1. The van der Waals surface area contributed by atoms with E-state index in [2.05, 4.69) is 20.1 Å². The molecule has 0 rings (SSSR count). The zero-order valence-electron chi connectivity index (χ0n) is 22.7. The summed E-state index contributed by atoms with van der Waals surface area (Å²) in [6, 6.07) is 0. The number of hydrogen-bond donors (Lipinski definition) is 2. The van der Waals surface area contributed by atoms with Crippen molar-refractivity contribution in [2.24, 2.45) is 0 Å². The summed E-state index contributed by atoms with van der Waals surface area (Å²) in [7, 11) is 0. The van der Waals surface area contributed by atoms with Crippen LogP contribution in [0.25, 0.3) is 0 Å². The van der Waals surface area contributed by atoms with Crippen LogP contribution in [-0.4, -0.2) is 22.2 Å². The molecular weight excluding hydrogens is 424 g/mol. The number of hydrogen-bond acceptors (Lipinski definition) is 2. The molecule has 0 aliphatic carbocycles. The lowest BCUT2D eigenvalue weighted by Gasteiger charge is -2.04. The molecule has 0 radical (unpaired) electrons. The fourth-order valence-electron chi connectivity index (χ4n) is 3.88. The second-order valence-corrected chi connectivity index (χ2v) is 9.82. The van der Waals surface area contributed by atoms with Crippen LogP contribution in [0.3, 0.4) is 0 Å². The van der Waals surface area contributed by atoms with Gasteiger partial charge in [0.05, 0.1) is 0 Å². The van der Waals surface area contributed by atoms with Crippen molar-refractivity contribution in [2.45, 2.75) is 155 Å². The lowest BCUT2D eigenvalue weighted by Crippen LogP contribution is -1.98. The van der Waals surface area contributed by atoms with Crippen molar-refractivity contribution < 1.29 is 19.8 Å². The average molecular weight is 481 g/mol. The molecule has 0 aromatic carbocycles. The van der Waals surface area contributed by atoms with Crippen molar-refractivity contribution in [2.75, 3.05) is 0 Å². The van der Waals surface area contributed by atoms with Crippen LogP contribution in [0.5, 0.6) is 0 Å². The van der Waals surface area contributed by atoms with Gasteiger partial charge in [0, 0.05) is 11.1 Å². The molecular formula is C30H56O4. The first-order valence-corrected chi connectivity index (χ1v) is 14.1. The van der Waals surface area contributed by atoms with Gasteiger partial charge in [-0.05, 0) is 19.8 Å². The monoisotopic (exact) mass is 480 g/mol. The minimum Gasteiger partial charge on any atom is -0.478 e. The topological polar surface area (TPSA) is 74.6 Å². The number of carboxylic acids is 2. The van der Waals surface area contributed by atoms with Crippen LogP contribution in [0.2, 0.25) is 0 Å². The van der Waals surface area contributed by atoms with Gasteiger partial charge >= 0.3 is 11.9 Å². The van der Waals surface area contributed by atoms with Crippen molar-refractivity contribution in [1.82, 2.24) is 0 Å². The average Bonchev–Trinajstić information content (AvgIpc) is 2.80. The number of aliphatic carboxylic acids is 2. The van der Waals surface area contributed by atoms with Crippen molar-refractivity contribution >= 4 is 11.9 Å². The first kappa shape index (κ1) is 34.6. The highest BCUT2D eigenvalue weighted by atomic mass is 16.4. The Hall–Kier alpha value is -1.58. The van der Waals surface area contributed by atoms with Gasteiger partial charge in [-0.15, -0.1) is 0 Å². The summed E-state index contributed by atoms with van der Waals surface area (Å²) in [6.45, 7) is 10.5. The second-order valence-electron chi connectivity index (χ2n) is 9.82. The van der Waals surface area contributed by atoms with Crippen molar-refractivity contribution in [1.29, 1.82) is 0 Å². The molecule has 4 heteroatoms. The molecule has 0 aliphatic heterocycles. The molecule has 0 atom stereocenters. The molecule has 0 spiro atoms. The molecule has 34 heavy (non-hydrogen) atoms. The largest absolute Gasteiger partial charge is 0.478 e. The molecule has 0 aromatic heterocycles.